The van der Waals surface area contributed by atoms with E-state index in [-0.39, 0.29) is 5.91 Å². The summed E-state index contributed by atoms with van der Waals surface area (Å²) in [6.45, 7) is 8.79. The third-order valence-corrected chi connectivity index (χ3v) is 4.30. The van der Waals surface area contributed by atoms with E-state index < -0.39 is 0 Å². The van der Waals surface area contributed by atoms with Crippen LogP contribution in [-0.2, 0) is 0 Å². The molecular weight excluding hydrogens is 262 g/mol. The Morgan fingerprint density at radius 2 is 2.10 bits per heavy atom. The maximum Gasteiger partial charge on any atom is 0.256 e. The second kappa shape index (κ2) is 6.48. The van der Waals surface area contributed by atoms with Crippen LogP contribution in [0.2, 0.25) is 0 Å². The van der Waals surface area contributed by atoms with E-state index in [2.05, 4.69) is 51.1 Å². The molecule has 1 aromatic rings. The van der Waals surface area contributed by atoms with E-state index in [1.54, 1.807) is 0 Å². The second-order valence-electron chi connectivity index (χ2n) is 6.30. The third kappa shape index (κ3) is 3.38. The summed E-state index contributed by atoms with van der Waals surface area (Å²) in [5, 5.41) is 3.31. The molecule has 1 amide bonds. The number of amides is 1. The SMILES string of the molecule is CCNc1cc(C)ccc1C(=O)N1CC(C)C(N(C)C)C1. The van der Waals surface area contributed by atoms with Gasteiger partial charge in [-0.15, -0.1) is 0 Å². The van der Waals surface area contributed by atoms with E-state index in [9.17, 15) is 4.79 Å². The quantitative estimate of drug-likeness (QED) is 0.925. The van der Waals surface area contributed by atoms with Gasteiger partial charge in [0.1, 0.15) is 0 Å². The van der Waals surface area contributed by atoms with Crippen LogP contribution in [0.5, 0.6) is 0 Å². The maximum atomic E-state index is 12.8. The summed E-state index contributed by atoms with van der Waals surface area (Å²) in [4.78, 5) is 17.0. The average molecular weight is 289 g/mol. The number of carbonyl (C=O) groups excluding carboxylic acids is 1. The van der Waals surface area contributed by atoms with Crippen LogP contribution in [0, 0.1) is 12.8 Å². The van der Waals surface area contributed by atoms with Gasteiger partial charge in [0.15, 0.2) is 0 Å². The zero-order chi connectivity index (χ0) is 15.6. The fourth-order valence-electron chi connectivity index (χ4n) is 3.14. The summed E-state index contributed by atoms with van der Waals surface area (Å²) < 4.78 is 0. The number of anilines is 1. The Morgan fingerprint density at radius 1 is 1.38 bits per heavy atom. The largest absolute Gasteiger partial charge is 0.385 e. The molecule has 0 spiro atoms. The van der Waals surface area contributed by atoms with Gasteiger partial charge in [-0.05, 0) is 51.6 Å². The number of likely N-dealkylation sites (tertiary alicyclic amines) is 1. The van der Waals surface area contributed by atoms with E-state index in [1.165, 1.54) is 5.56 Å². The number of aryl methyl sites for hydroxylation is 1. The van der Waals surface area contributed by atoms with Gasteiger partial charge in [0, 0.05) is 31.4 Å². The van der Waals surface area contributed by atoms with Gasteiger partial charge in [0.2, 0.25) is 0 Å². The van der Waals surface area contributed by atoms with Gasteiger partial charge in [-0.25, -0.2) is 0 Å². The van der Waals surface area contributed by atoms with Crippen LogP contribution in [0.1, 0.15) is 29.8 Å². The van der Waals surface area contributed by atoms with Gasteiger partial charge in [-0.2, -0.15) is 0 Å². The molecule has 1 saturated heterocycles. The molecule has 2 atom stereocenters. The molecule has 1 aliphatic rings. The Kier molecular flexibility index (Phi) is 4.88. The summed E-state index contributed by atoms with van der Waals surface area (Å²) in [5.41, 5.74) is 2.90. The van der Waals surface area contributed by atoms with Crippen molar-refractivity contribution in [2.45, 2.75) is 26.8 Å². The fraction of sp³-hybridized carbons (Fsp3) is 0.588. The van der Waals surface area contributed by atoms with Crippen molar-refractivity contribution in [2.75, 3.05) is 39.0 Å². The predicted octanol–water partition coefficient (Wildman–Crippen LogP) is 2.45. The average Bonchev–Trinajstić information content (AvgIpc) is 2.81. The number of benzene rings is 1. The minimum Gasteiger partial charge on any atom is -0.385 e. The number of carbonyl (C=O) groups is 1. The third-order valence-electron chi connectivity index (χ3n) is 4.30. The van der Waals surface area contributed by atoms with Gasteiger partial charge in [0.25, 0.3) is 5.91 Å². The number of likely N-dealkylation sites (N-methyl/N-ethyl adjacent to an activating group) is 1. The van der Waals surface area contributed by atoms with Crippen molar-refractivity contribution in [1.82, 2.24) is 9.80 Å². The molecule has 1 N–H and O–H groups in total. The molecule has 0 saturated carbocycles. The number of nitrogens with one attached hydrogen (secondary N) is 1. The predicted molar refractivity (Wildman–Crippen MR) is 87.9 cm³/mol. The van der Waals surface area contributed by atoms with Crippen molar-refractivity contribution in [3.63, 3.8) is 0 Å². The molecule has 4 heteroatoms. The molecule has 0 aromatic heterocycles. The summed E-state index contributed by atoms with van der Waals surface area (Å²) in [7, 11) is 4.18. The Morgan fingerprint density at radius 3 is 2.67 bits per heavy atom. The van der Waals surface area contributed by atoms with Crippen LogP contribution in [0.15, 0.2) is 18.2 Å². The Labute approximate surface area is 128 Å². The van der Waals surface area contributed by atoms with Gasteiger partial charge in [0.05, 0.1) is 5.56 Å². The smallest absolute Gasteiger partial charge is 0.256 e. The zero-order valence-electron chi connectivity index (χ0n) is 13.8. The van der Waals surface area contributed by atoms with Gasteiger partial charge < -0.3 is 15.1 Å². The van der Waals surface area contributed by atoms with Crippen LogP contribution >= 0.6 is 0 Å². The molecule has 21 heavy (non-hydrogen) atoms. The van der Waals surface area contributed by atoms with Crippen LogP contribution in [0.4, 0.5) is 5.69 Å². The number of nitrogens with zero attached hydrogens (tertiary/aromatic N) is 2. The summed E-state index contributed by atoms with van der Waals surface area (Å²) in [6, 6.07) is 6.46. The number of hydrogen-bond donors (Lipinski definition) is 1. The molecule has 4 nitrogen and oxygen atoms in total. The lowest BCUT2D eigenvalue weighted by molar-refractivity contribution is 0.0782. The Balaban J connectivity index is 2.21. The van der Waals surface area contributed by atoms with Crippen LogP contribution in [0.3, 0.4) is 0 Å². The van der Waals surface area contributed by atoms with Gasteiger partial charge in [-0.3, -0.25) is 4.79 Å². The summed E-state index contributed by atoms with van der Waals surface area (Å²) >= 11 is 0. The minimum absolute atomic E-state index is 0.141. The van der Waals surface area contributed by atoms with E-state index in [0.29, 0.717) is 12.0 Å². The summed E-state index contributed by atoms with van der Waals surface area (Å²) in [6.07, 6.45) is 0. The molecule has 1 aliphatic heterocycles. The highest BCUT2D eigenvalue weighted by Crippen LogP contribution is 2.25. The van der Waals surface area contributed by atoms with E-state index >= 15 is 0 Å². The second-order valence-corrected chi connectivity index (χ2v) is 6.30. The van der Waals surface area contributed by atoms with E-state index in [1.807, 2.05) is 17.0 Å². The van der Waals surface area contributed by atoms with Crippen molar-refractivity contribution in [3.05, 3.63) is 29.3 Å². The molecule has 116 valence electrons. The number of hydrogen-bond acceptors (Lipinski definition) is 3. The first-order chi connectivity index (χ1) is 9.93. The molecule has 1 aromatic carbocycles. The topological polar surface area (TPSA) is 35.6 Å². The Hall–Kier alpha value is -1.55. The van der Waals surface area contributed by atoms with Crippen molar-refractivity contribution in [1.29, 1.82) is 0 Å². The molecule has 0 aliphatic carbocycles. The maximum absolute atomic E-state index is 12.8. The summed E-state index contributed by atoms with van der Waals surface area (Å²) in [5.74, 6) is 0.652. The fourth-order valence-corrected chi connectivity index (χ4v) is 3.14. The first kappa shape index (κ1) is 15.8. The monoisotopic (exact) mass is 289 g/mol. The number of rotatable bonds is 4. The standard InChI is InChI=1S/C17H27N3O/c1-6-18-15-9-12(2)7-8-14(15)17(21)20-10-13(3)16(11-20)19(4)5/h7-9,13,16,18H,6,10-11H2,1-5H3. The molecule has 2 unspecified atom stereocenters. The highest BCUT2D eigenvalue weighted by Gasteiger charge is 2.34. The highest BCUT2D eigenvalue weighted by molar-refractivity contribution is 6.00. The molecule has 2 rings (SSSR count). The van der Waals surface area contributed by atoms with Crippen LogP contribution in [0.25, 0.3) is 0 Å². The molecule has 1 heterocycles. The van der Waals surface area contributed by atoms with Crippen molar-refractivity contribution < 1.29 is 4.79 Å². The van der Waals surface area contributed by atoms with Gasteiger partial charge >= 0.3 is 0 Å². The first-order valence-corrected chi connectivity index (χ1v) is 7.74. The molecule has 0 radical (unpaired) electrons. The molecule has 1 fully saturated rings. The van der Waals surface area contributed by atoms with E-state index in [0.717, 1.165) is 30.9 Å². The zero-order valence-corrected chi connectivity index (χ0v) is 13.8. The molecular formula is C17H27N3O. The van der Waals surface area contributed by atoms with Crippen LogP contribution in [-0.4, -0.2) is 55.5 Å². The lowest BCUT2D eigenvalue weighted by atomic mass is 10.1. The Bertz CT molecular complexity index is 513. The first-order valence-electron chi connectivity index (χ1n) is 7.74. The van der Waals surface area contributed by atoms with E-state index in [4.69, 9.17) is 0 Å². The van der Waals surface area contributed by atoms with Crippen molar-refractivity contribution in [3.8, 4) is 0 Å². The van der Waals surface area contributed by atoms with Crippen molar-refractivity contribution >= 4 is 11.6 Å². The van der Waals surface area contributed by atoms with Crippen LogP contribution < -0.4 is 5.32 Å². The normalized spacial score (nSPS) is 21.9. The lowest BCUT2D eigenvalue weighted by Gasteiger charge is -2.22. The minimum atomic E-state index is 0.141. The van der Waals surface area contributed by atoms with Gasteiger partial charge in [-0.1, -0.05) is 13.0 Å². The molecule has 0 bridgehead atoms. The lowest BCUT2D eigenvalue weighted by Crippen LogP contribution is -2.36. The van der Waals surface area contributed by atoms with Crippen molar-refractivity contribution in [2.24, 2.45) is 5.92 Å². The highest BCUT2D eigenvalue weighted by atomic mass is 16.2.